The van der Waals surface area contributed by atoms with Crippen LogP contribution in [0, 0.1) is 5.63 Å². The van der Waals surface area contributed by atoms with E-state index in [0.717, 1.165) is 6.16 Å². The number of rotatable bonds is 1. The first-order valence-electron chi connectivity index (χ1n) is 4.96. The molecular formula is C14H12P+. The van der Waals surface area contributed by atoms with Crippen molar-refractivity contribution in [3.8, 4) is 5.63 Å². The van der Waals surface area contributed by atoms with Crippen molar-refractivity contribution in [3.05, 3.63) is 71.8 Å². The van der Waals surface area contributed by atoms with Crippen molar-refractivity contribution in [2.45, 2.75) is 6.16 Å². The van der Waals surface area contributed by atoms with Gasteiger partial charge in [0.1, 0.15) is 0 Å². The van der Waals surface area contributed by atoms with Gasteiger partial charge in [-0.15, -0.1) is 0 Å². The molecule has 1 heteroatoms. The fourth-order valence-electron chi connectivity index (χ4n) is 1.32. The van der Waals surface area contributed by atoms with Crippen molar-refractivity contribution >= 4 is 8.04 Å². The van der Waals surface area contributed by atoms with Crippen LogP contribution in [0.2, 0.25) is 0 Å². The average Bonchev–Trinajstić information content (AvgIpc) is 2.32. The zero-order valence-corrected chi connectivity index (χ0v) is 9.32. The second-order valence-electron chi connectivity index (χ2n) is 3.28. The molecule has 0 N–H and O–H groups in total. The van der Waals surface area contributed by atoms with Crippen LogP contribution in [0.4, 0.5) is 0 Å². The minimum absolute atomic E-state index is 1.04. The Morgan fingerprint density at radius 1 is 0.800 bits per heavy atom. The van der Waals surface area contributed by atoms with Crippen LogP contribution in [0.5, 0.6) is 0 Å². The van der Waals surface area contributed by atoms with Crippen LogP contribution in [0.15, 0.2) is 60.7 Å². The molecule has 0 aliphatic heterocycles. The fraction of sp³-hybridized carbons (Fsp3) is 0.0714. The van der Waals surface area contributed by atoms with E-state index >= 15 is 0 Å². The molecule has 0 saturated carbocycles. The van der Waals surface area contributed by atoms with Crippen LogP contribution in [-0.4, -0.2) is 0 Å². The Hall–Kier alpha value is -1.35. The van der Waals surface area contributed by atoms with Crippen LogP contribution in [-0.2, 0) is 6.16 Å². The second kappa shape index (κ2) is 5.51. The number of hydrogen-bond acceptors (Lipinski definition) is 0. The molecule has 0 heterocycles. The standard InChI is InChI=1S/C14H12P/c1-3-7-13(8-4-1)11-15-12-14-9-5-2-6-10-14/h1-10H,11H2/q+1. The van der Waals surface area contributed by atoms with Crippen LogP contribution in [0.25, 0.3) is 0 Å². The van der Waals surface area contributed by atoms with E-state index in [1.807, 2.05) is 24.3 Å². The Labute approximate surface area is 92.1 Å². The first kappa shape index (κ1) is 10.2. The summed E-state index contributed by atoms with van der Waals surface area (Å²) in [5, 5.41) is 0. The van der Waals surface area contributed by atoms with Crippen LogP contribution < -0.4 is 0 Å². The Bertz CT molecular complexity index is 463. The second-order valence-corrected chi connectivity index (χ2v) is 4.14. The summed E-state index contributed by atoms with van der Waals surface area (Å²) in [7, 11) is 1.22. The Morgan fingerprint density at radius 3 is 2.07 bits per heavy atom. The van der Waals surface area contributed by atoms with Crippen molar-refractivity contribution in [2.24, 2.45) is 0 Å². The van der Waals surface area contributed by atoms with Crippen molar-refractivity contribution in [3.63, 3.8) is 0 Å². The van der Waals surface area contributed by atoms with E-state index in [2.05, 4.69) is 42.0 Å². The third-order valence-corrected chi connectivity index (χ3v) is 3.03. The predicted octanol–water partition coefficient (Wildman–Crippen LogP) is 4.14. The first-order valence-corrected chi connectivity index (χ1v) is 6.04. The zero-order chi connectivity index (χ0) is 10.3. The number of benzene rings is 2. The van der Waals surface area contributed by atoms with Gasteiger partial charge < -0.3 is 0 Å². The Balaban J connectivity index is 2.03. The van der Waals surface area contributed by atoms with Crippen LogP contribution in [0.1, 0.15) is 11.1 Å². The van der Waals surface area contributed by atoms with Gasteiger partial charge in [-0.1, -0.05) is 0 Å². The van der Waals surface area contributed by atoms with Gasteiger partial charge >= 0.3 is 91.6 Å². The van der Waals surface area contributed by atoms with Crippen molar-refractivity contribution in [1.29, 1.82) is 0 Å². The third kappa shape index (κ3) is 3.36. The van der Waals surface area contributed by atoms with E-state index in [1.165, 1.54) is 19.2 Å². The zero-order valence-electron chi connectivity index (χ0n) is 8.43. The van der Waals surface area contributed by atoms with E-state index in [4.69, 9.17) is 0 Å². The van der Waals surface area contributed by atoms with Gasteiger partial charge in [-0.3, -0.25) is 0 Å². The predicted molar refractivity (Wildman–Crippen MR) is 66.5 cm³/mol. The average molecular weight is 211 g/mol. The van der Waals surface area contributed by atoms with Gasteiger partial charge in [0, 0.05) is 0 Å². The molecule has 0 unspecified atom stereocenters. The molecule has 0 spiro atoms. The maximum absolute atomic E-state index is 3.37. The number of hydrogen-bond donors (Lipinski definition) is 0. The quantitative estimate of drug-likeness (QED) is 0.622. The summed E-state index contributed by atoms with van der Waals surface area (Å²) in [4.78, 5) is 0. The summed E-state index contributed by atoms with van der Waals surface area (Å²) >= 11 is 0. The van der Waals surface area contributed by atoms with Gasteiger partial charge in [-0.25, -0.2) is 0 Å². The van der Waals surface area contributed by atoms with Gasteiger partial charge in [0.25, 0.3) is 0 Å². The molecule has 0 amide bonds. The molecule has 0 atom stereocenters. The summed E-state index contributed by atoms with van der Waals surface area (Å²) in [5.41, 5.74) is 5.90. The summed E-state index contributed by atoms with van der Waals surface area (Å²) in [5.74, 6) is 0. The Morgan fingerprint density at radius 2 is 1.40 bits per heavy atom. The molecule has 0 nitrogen and oxygen atoms in total. The van der Waals surface area contributed by atoms with Crippen molar-refractivity contribution in [2.75, 3.05) is 0 Å². The molecule has 2 aromatic carbocycles. The van der Waals surface area contributed by atoms with Gasteiger partial charge in [0.2, 0.25) is 0 Å². The Kier molecular flexibility index (Phi) is 3.74. The SMILES string of the molecule is C(#[P+]Cc1ccccc1)c1ccccc1. The third-order valence-electron chi connectivity index (χ3n) is 2.09. The summed E-state index contributed by atoms with van der Waals surface area (Å²) < 4.78 is 0. The maximum atomic E-state index is 3.37. The van der Waals surface area contributed by atoms with E-state index in [1.54, 1.807) is 0 Å². The molecule has 0 aliphatic carbocycles. The van der Waals surface area contributed by atoms with Gasteiger partial charge in [0.15, 0.2) is 0 Å². The topological polar surface area (TPSA) is 0 Å². The monoisotopic (exact) mass is 211 g/mol. The van der Waals surface area contributed by atoms with Crippen LogP contribution in [0.3, 0.4) is 0 Å². The summed E-state index contributed by atoms with van der Waals surface area (Å²) in [6.07, 6.45) is 1.04. The van der Waals surface area contributed by atoms with Gasteiger partial charge in [-0.2, -0.15) is 0 Å². The van der Waals surface area contributed by atoms with Gasteiger partial charge in [-0.05, 0) is 0 Å². The van der Waals surface area contributed by atoms with E-state index < -0.39 is 0 Å². The molecule has 0 radical (unpaired) electrons. The molecule has 0 bridgehead atoms. The summed E-state index contributed by atoms with van der Waals surface area (Å²) in [6, 6.07) is 20.8. The molecule has 0 aliphatic rings. The summed E-state index contributed by atoms with van der Waals surface area (Å²) in [6.45, 7) is 0. The molecule has 0 saturated heterocycles. The van der Waals surface area contributed by atoms with Gasteiger partial charge in [0.05, 0.1) is 0 Å². The van der Waals surface area contributed by atoms with E-state index in [0.29, 0.717) is 0 Å². The van der Waals surface area contributed by atoms with Crippen molar-refractivity contribution in [1.82, 2.24) is 0 Å². The van der Waals surface area contributed by atoms with Crippen molar-refractivity contribution < 1.29 is 0 Å². The first-order chi connectivity index (χ1) is 7.45. The van der Waals surface area contributed by atoms with E-state index in [-0.39, 0.29) is 0 Å². The molecule has 2 rings (SSSR count). The normalized spacial score (nSPS) is 9.33. The molecule has 2 aromatic rings. The molecule has 0 aromatic heterocycles. The van der Waals surface area contributed by atoms with Crippen LogP contribution >= 0.6 is 8.04 Å². The molecule has 0 fully saturated rings. The molecule has 15 heavy (non-hydrogen) atoms. The van der Waals surface area contributed by atoms with E-state index in [9.17, 15) is 0 Å². The fourth-order valence-corrected chi connectivity index (χ4v) is 2.12. The minimum atomic E-state index is 1.04. The molecule has 72 valence electrons. The molecular weight excluding hydrogens is 199 g/mol.